The highest BCUT2D eigenvalue weighted by Crippen LogP contribution is 2.20. The van der Waals surface area contributed by atoms with Crippen molar-refractivity contribution < 1.29 is 4.74 Å². The van der Waals surface area contributed by atoms with Crippen molar-refractivity contribution in [2.75, 3.05) is 12.4 Å². The molecule has 3 heteroatoms. The number of ether oxygens (including phenoxy) is 1. The van der Waals surface area contributed by atoms with Crippen LogP contribution in [-0.2, 0) is 6.42 Å². The number of rotatable bonds is 5. The second-order valence-electron chi connectivity index (χ2n) is 4.57. The molecule has 2 aromatic rings. The number of methoxy groups -OCH3 is 1. The van der Waals surface area contributed by atoms with E-state index in [1.165, 1.54) is 5.56 Å². The molecule has 2 aromatic carbocycles. The summed E-state index contributed by atoms with van der Waals surface area (Å²) in [4.78, 5) is 0. The molecule has 0 radical (unpaired) electrons. The molecular weight excluding hydrogens is 258 g/mol. The summed E-state index contributed by atoms with van der Waals surface area (Å²) in [5.41, 5.74) is 2.28. The van der Waals surface area contributed by atoms with E-state index in [1.54, 1.807) is 7.11 Å². The van der Waals surface area contributed by atoms with Crippen LogP contribution in [0.15, 0.2) is 48.5 Å². The summed E-state index contributed by atoms with van der Waals surface area (Å²) in [6.07, 6.45) is 0.909. The zero-order valence-corrected chi connectivity index (χ0v) is 11.9. The Morgan fingerprint density at radius 1 is 1.11 bits per heavy atom. The lowest BCUT2D eigenvalue weighted by molar-refractivity contribution is 0.409. The monoisotopic (exact) mass is 275 g/mol. The minimum Gasteiger partial charge on any atom is -0.496 e. The highest BCUT2D eigenvalue weighted by Gasteiger charge is 2.07. The van der Waals surface area contributed by atoms with Crippen molar-refractivity contribution in [2.45, 2.75) is 19.4 Å². The molecule has 1 atom stereocenters. The van der Waals surface area contributed by atoms with Gasteiger partial charge in [0.25, 0.3) is 0 Å². The van der Waals surface area contributed by atoms with Crippen LogP contribution < -0.4 is 10.1 Å². The third-order valence-corrected chi connectivity index (χ3v) is 3.23. The normalized spacial score (nSPS) is 11.9. The van der Waals surface area contributed by atoms with Crippen LogP contribution in [0.1, 0.15) is 12.5 Å². The molecule has 1 N–H and O–H groups in total. The Morgan fingerprint density at radius 3 is 2.47 bits per heavy atom. The summed E-state index contributed by atoms with van der Waals surface area (Å²) in [6.45, 7) is 2.15. The van der Waals surface area contributed by atoms with Gasteiger partial charge in [0, 0.05) is 16.8 Å². The molecule has 0 saturated heterocycles. The van der Waals surface area contributed by atoms with E-state index in [0.29, 0.717) is 6.04 Å². The maximum Gasteiger partial charge on any atom is 0.122 e. The van der Waals surface area contributed by atoms with Crippen LogP contribution in [0.4, 0.5) is 5.69 Å². The Balaban J connectivity index is 2.01. The number of para-hydroxylation sites is 1. The minimum atomic E-state index is 0.317. The zero-order chi connectivity index (χ0) is 13.7. The SMILES string of the molecule is COc1ccccc1CC(C)Nc1ccc(Cl)cc1. The van der Waals surface area contributed by atoms with Crippen LogP contribution in [0, 0.1) is 0 Å². The zero-order valence-electron chi connectivity index (χ0n) is 11.2. The molecule has 0 bridgehead atoms. The predicted molar refractivity (Wildman–Crippen MR) is 81.2 cm³/mol. The Bertz CT molecular complexity index is 525. The Hall–Kier alpha value is -1.67. The van der Waals surface area contributed by atoms with E-state index in [-0.39, 0.29) is 0 Å². The maximum atomic E-state index is 5.87. The summed E-state index contributed by atoms with van der Waals surface area (Å²) < 4.78 is 5.37. The summed E-state index contributed by atoms with van der Waals surface area (Å²) in [6, 6.07) is 16.2. The lowest BCUT2D eigenvalue weighted by Crippen LogP contribution is -2.18. The van der Waals surface area contributed by atoms with Crippen molar-refractivity contribution in [1.29, 1.82) is 0 Å². The standard InChI is InChI=1S/C16H18ClNO/c1-12(18-15-9-7-14(17)8-10-15)11-13-5-3-4-6-16(13)19-2/h3-10,12,18H,11H2,1-2H3. The predicted octanol–water partition coefficient (Wildman–Crippen LogP) is 4.39. The number of benzene rings is 2. The van der Waals surface area contributed by atoms with Gasteiger partial charge in [-0.2, -0.15) is 0 Å². The maximum absolute atomic E-state index is 5.87. The molecule has 0 aliphatic carbocycles. The van der Waals surface area contributed by atoms with Crippen molar-refractivity contribution in [2.24, 2.45) is 0 Å². The number of nitrogens with one attached hydrogen (secondary N) is 1. The molecule has 0 aliphatic heterocycles. The van der Waals surface area contributed by atoms with Crippen molar-refractivity contribution in [1.82, 2.24) is 0 Å². The van der Waals surface area contributed by atoms with Crippen molar-refractivity contribution >= 4 is 17.3 Å². The lowest BCUT2D eigenvalue weighted by Gasteiger charge is -2.17. The van der Waals surface area contributed by atoms with Crippen molar-refractivity contribution in [3.8, 4) is 5.75 Å². The molecule has 19 heavy (non-hydrogen) atoms. The summed E-state index contributed by atoms with van der Waals surface area (Å²) in [7, 11) is 1.70. The van der Waals surface area contributed by atoms with Gasteiger partial charge >= 0.3 is 0 Å². The molecule has 2 nitrogen and oxygen atoms in total. The first-order valence-corrected chi connectivity index (χ1v) is 6.71. The van der Waals surface area contributed by atoms with Gasteiger partial charge in [-0.25, -0.2) is 0 Å². The lowest BCUT2D eigenvalue weighted by atomic mass is 10.1. The topological polar surface area (TPSA) is 21.3 Å². The summed E-state index contributed by atoms with van der Waals surface area (Å²) in [5, 5.41) is 4.21. The number of hydrogen-bond acceptors (Lipinski definition) is 2. The van der Waals surface area contributed by atoms with E-state index in [9.17, 15) is 0 Å². The highest BCUT2D eigenvalue weighted by atomic mass is 35.5. The van der Waals surface area contributed by atoms with Crippen LogP contribution in [0.3, 0.4) is 0 Å². The molecule has 0 saturated carbocycles. The van der Waals surface area contributed by atoms with Crippen molar-refractivity contribution in [3.63, 3.8) is 0 Å². The van der Waals surface area contributed by atoms with Crippen molar-refractivity contribution in [3.05, 3.63) is 59.1 Å². The van der Waals surface area contributed by atoms with Crippen LogP contribution in [0.5, 0.6) is 5.75 Å². The van der Waals surface area contributed by atoms with E-state index in [4.69, 9.17) is 16.3 Å². The highest BCUT2D eigenvalue weighted by molar-refractivity contribution is 6.30. The fourth-order valence-corrected chi connectivity index (χ4v) is 2.21. The van der Waals surface area contributed by atoms with Gasteiger partial charge in [0.15, 0.2) is 0 Å². The number of hydrogen-bond donors (Lipinski definition) is 1. The third kappa shape index (κ3) is 3.90. The molecule has 0 spiro atoms. The Morgan fingerprint density at radius 2 is 1.79 bits per heavy atom. The van der Waals surface area contributed by atoms with E-state index in [2.05, 4.69) is 18.3 Å². The van der Waals surface area contributed by atoms with Gasteiger partial charge in [-0.3, -0.25) is 0 Å². The number of halogens is 1. The van der Waals surface area contributed by atoms with Gasteiger partial charge in [0.2, 0.25) is 0 Å². The third-order valence-electron chi connectivity index (χ3n) is 2.98. The first-order valence-electron chi connectivity index (χ1n) is 6.33. The fraction of sp³-hybridized carbons (Fsp3) is 0.250. The van der Waals surface area contributed by atoms with Gasteiger partial charge in [-0.1, -0.05) is 29.8 Å². The molecular formula is C16H18ClNO. The Kier molecular flexibility index (Phi) is 4.69. The van der Waals surface area contributed by atoms with E-state index in [0.717, 1.165) is 22.9 Å². The van der Waals surface area contributed by atoms with Gasteiger partial charge in [0.1, 0.15) is 5.75 Å². The smallest absolute Gasteiger partial charge is 0.122 e. The second-order valence-corrected chi connectivity index (χ2v) is 5.00. The van der Waals surface area contributed by atoms with Crippen LogP contribution >= 0.6 is 11.6 Å². The molecule has 2 rings (SSSR count). The molecule has 0 amide bonds. The molecule has 0 fully saturated rings. The average molecular weight is 276 g/mol. The van der Waals surface area contributed by atoms with E-state index < -0.39 is 0 Å². The van der Waals surface area contributed by atoms with Crippen LogP contribution in [0.2, 0.25) is 5.02 Å². The Labute approximate surface area is 119 Å². The van der Waals surface area contributed by atoms with E-state index in [1.807, 2.05) is 42.5 Å². The van der Waals surface area contributed by atoms with Gasteiger partial charge < -0.3 is 10.1 Å². The fourth-order valence-electron chi connectivity index (χ4n) is 2.08. The quantitative estimate of drug-likeness (QED) is 0.874. The van der Waals surface area contributed by atoms with Gasteiger partial charge in [0.05, 0.1) is 7.11 Å². The first-order chi connectivity index (χ1) is 9.19. The number of anilines is 1. The largest absolute Gasteiger partial charge is 0.496 e. The van der Waals surface area contributed by atoms with Crippen LogP contribution in [-0.4, -0.2) is 13.2 Å². The molecule has 0 aliphatic rings. The van der Waals surface area contributed by atoms with Gasteiger partial charge in [-0.05, 0) is 49.2 Å². The molecule has 0 heterocycles. The van der Waals surface area contributed by atoms with Crippen LogP contribution in [0.25, 0.3) is 0 Å². The second kappa shape index (κ2) is 6.48. The first kappa shape index (κ1) is 13.8. The molecule has 100 valence electrons. The molecule has 0 aromatic heterocycles. The molecule has 1 unspecified atom stereocenters. The summed E-state index contributed by atoms with van der Waals surface area (Å²) in [5.74, 6) is 0.937. The average Bonchev–Trinajstić information content (AvgIpc) is 2.42. The minimum absolute atomic E-state index is 0.317. The van der Waals surface area contributed by atoms with E-state index >= 15 is 0 Å². The summed E-state index contributed by atoms with van der Waals surface area (Å²) >= 11 is 5.87. The van der Waals surface area contributed by atoms with Gasteiger partial charge in [-0.15, -0.1) is 0 Å².